The quantitative estimate of drug-likeness (QED) is 0.567. The monoisotopic (exact) mass is 477 g/mol. The standard InChI is InChI=1S/C25H27N5O3S/c1-3-4-13-26-21(31)14-20-24(33)30-23(28-20)17-10-6-8-12-19(17)29-25(30)34-15-22(32)27-18-11-7-5-9-16(18)2/h5-12,20H,3-4,13-15H2,1-2H3,(H,26,31)(H,27,32)/t20-/m1/s1. The number of amidine groups is 2. The third kappa shape index (κ3) is 5.20. The lowest BCUT2D eigenvalue weighted by Crippen LogP contribution is -2.42. The lowest BCUT2D eigenvalue weighted by Gasteiger charge is -2.25. The molecule has 2 aromatic rings. The fourth-order valence-corrected chi connectivity index (χ4v) is 4.51. The summed E-state index contributed by atoms with van der Waals surface area (Å²) in [5.41, 5.74) is 3.13. The van der Waals surface area contributed by atoms with Crippen molar-refractivity contribution in [1.29, 1.82) is 0 Å². The number of hydrogen-bond donors (Lipinski definition) is 2. The Morgan fingerprint density at radius 3 is 2.65 bits per heavy atom. The van der Waals surface area contributed by atoms with Crippen molar-refractivity contribution >= 4 is 51.9 Å². The van der Waals surface area contributed by atoms with Crippen molar-refractivity contribution in [3.63, 3.8) is 0 Å². The van der Waals surface area contributed by atoms with Gasteiger partial charge in [0.2, 0.25) is 11.8 Å². The lowest BCUT2D eigenvalue weighted by molar-refractivity contribution is -0.128. The molecule has 2 aromatic carbocycles. The highest BCUT2D eigenvalue weighted by Gasteiger charge is 2.42. The zero-order valence-corrected chi connectivity index (χ0v) is 20.0. The Morgan fingerprint density at radius 1 is 1.09 bits per heavy atom. The van der Waals surface area contributed by atoms with Crippen LogP contribution in [0.2, 0.25) is 0 Å². The molecule has 0 aromatic heterocycles. The van der Waals surface area contributed by atoms with Gasteiger partial charge in [0.1, 0.15) is 11.9 Å². The van der Waals surface area contributed by atoms with Crippen molar-refractivity contribution in [2.24, 2.45) is 9.98 Å². The van der Waals surface area contributed by atoms with E-state index in [9.17, 15) is 14.4 Å². The summed E-state index contributed by atoms with van der Waals surface area (Å²) in [4.78, 5) is 48.8. The van der Waals surface area contributed by atoms with Crippen LogP contribution in [0.25, 0.3) is 0 Å². The van der Waals surface area contributed by atoms with Crippen LogP contribution >= 0.6 is 11.8 Å². The average Bonchev–Trinajstić information content (AvgIpc) is 3.15. The molecule has 1 atom stereocenters. The summed E-state index contributed by atoms with van der Waals surface area (Å²) >= 11 is 1.17. The smallest absolute Gasteiger partial charge is 0.259 e. The number of anilines is 1. The minimum Gasteiger partial charge on any atom is -0.356 e. The van der Waals surface area contributed by atoms with Crippen LogP contribution in [0.15, 0.2) is 58.5 Å². The number of nitrogens with one attached hydrogen (secondary N) is 2. The molecular weight excluding hydrogens is 450 g/mol. The minimum absolute atomic E-state index is 0.0174. The first-order chi connectivity index (χ1) is 16.5. The van der Waals surface area contributed by atoms with Crippen molar-refractivity contribution in [3.8, 4) is 0 Å². The van der Waals surface area contributed by atoms with E-state index in [1.54, 1.807) is 0 Å². The van der Waals surface area contributed by atoms with Crippen LogP contribution in [0.3, 0.4) is 0 Å². The Kier molecular flexibility index (Phi) is 7.42. The van der Waals surface area contributed by atoms with Gasteiger partial charge in [-0.25, -0.2) is 9.89 Å². The molecule has 176 valence electrons. The predicted molar refractivity (Wildman–Crippen MR) is 136 cm³/mol. The van der Waals surface area contributed by atoms with Crippen LogP contribution in [0.4, 0.5) is 11.4 Å². The molecule has 2 aliphatic rings. The fourth-order valence-electron chi connectivity index (χ4n) is 3.71. The maximum absolute atomic E-state index is 13.2. The van der Waals surface area contributed by atoms with Gasteiger partial charge < -0.3 is 10.6 Å². The maximum atomic E-state index is 13.2. The molecule has 0 saturated carbocycles. The summed E-state index contributed by atoms with van der Waals surface area (Å²) in [7, 11) is 0. The van der Waals surface area contributed by atoms with E-state index in [0.717, 1.165) is 29.7 Å². The first kappa shape index (κ1) is 23.7. The second kappa shape index (κ2) is 10.6. The number of benzene rings is 2. The van der Waals surface area contributed by atoms with E-state index in [-0.39, 0.29) is 29.9 Å². The van der Waals surface area contributed by atoms with Gasteiger partial charge in [0.25, 0.3) is 5.91 Å². The highest BCUT2D eigenvalue weighted by atomic mass is 32.2. The van der Waals surface area contributed by atoms with E-state index in [1.807, 2.05) is 62.4 Å². The molecule has 2 heterocycles. The van der Waals surface area contributed by atoms with Crippen LogP contribution in [0.5, 0.6) is 0 Å². The highest BCUT2D eigenvalue weighted by molar-refractivity contribution is 8.14. The van der Waals surface area contributed by atoms with E-state index in [1.165, 1.54) is 16.7 Å². The molecular formula is C25H27N5O3S. The second-order valence-corrected chi connectivity index (χ2v) is 9.06. The first-order valence-electron chi connectivity index (χ1n) is 11.3. The number of fused-ring (bicyclic) bond motifs is 3. The SMILES string of the molecule is CCCCNC(=O)C[C@H]1N=C2c3ccccc3N=C(SCC(=O)Nc3ccccc3C)N2C1=O. The van der Waals surface area contributed by atoms with Crippen molar-refractivity contribution in [1.82, 2.24) is 10.2 Å². The number of carbonyl (C=O) groups excluding carboxylic acids is 3. The molecule has 8 nitrogen and oxygen atoms in total. The number of nitrogens with zero attached hydrogens (tertiary/aromatic N) is 3. The Labute approximate surface area is 202 Å². The number of thioether (sulfide) groups is 1. The van der Waals surface area contributed by atoms with Gasteiger partial charge in [-0.15, -0.1) is 0 Å². The minimum atomic E-state index is -0.811. The summed E-state index contributed by atoms with van der Waals surface area (Å²) in [6.45, 7) is 4.56. The summed E-state index contributed by atoms with van der Waals surface area (Å²) in [6, 6.07) is 14.2. The van der Waals surface area contributed by atoms with Crippen molar-refractivity contribution in [2.75, 3.05) is 17.6 Å². The predicted octanol–water partition coefficient (Wildman–Crippen LogP) is 3.63. The molecule has 0 spiro atoms. The van der Waals surface area contributed by atoms with Crippen LogP contribution in [-0.4, -0.2) is 52.0 Å². The normalized spacial score (nSPS) is 16.4. The summed E-state index contributed by atoms with van der Waals surface area (Å²) in [5, 5.41) is 6.13. The van der Waals surface area contributed by atoms with Gasteiger partial charge in [-0.3, -0.25) is 19.4 Å². The zero-order chi connectivity index (χ0) is 24.1. The molecule has 4 rings (SSSR count). The first-order valence-corrected chi connectivity index (χ1v) is 12.3. The van der Waals surface area contributed by atoms with Crippen molar-refractivity contribution in [3.05, 3.63) is 59.7 Å². The van der Waals surface area contributed by atoms with Crippen molar-refractivity contribution in [2.45, 2.75) is 39.2 Å². The maximum Gasteiger partial charge on any atom is 0.259 e. The number of amides is 3. The molecule has 0 bridgehead atoms. The molecule has 9 heteroatoms. The van der Waals surface area contributed by atoms with Gasteiger partial charge in [0.05, 0.1) is 17.9 Å². The van der Waals surface area contributed by atoms with Gasteiger partial charge in [0.15, 0.2) is 5.17 Å². The van der Waals surface area contributed by atoms with Crippen LogP contribution in [0, 0.1) is 6.92 Å². The van der Waals surface area contributed by atoms with E-state index in [0.29, 0.717) is 23.2 Å². The molecule has 0 saturated heterocycles. The topological polar surface area (TPSA) is 103 Å². The van der Waals surface area contributed by atoms with E-state index >= 15 is 0 Å². The summed E-state index contributed by atoms with van der Waals surface area (Å²) in [5.74, 6) is -0.149. The molecule has 0 fully saturated rings. The van der Waals surface area contributed by atoms with Gasteiger partial charge in [-0.05, 0) is 37.1 Å². The van der Waals surface area contributed by atoms with Gasteiger partial charge in [-0.2, -0.15) is 0 Å². The second-order valence-electron chi connectivity index (χ2n) is 8.11. The Balaban J connectivity index is 1.49. The number of aliphatic imine (C=N–C) groups is 2. The number of rotatable bonds is 8. The van der Waals surface area contributed by atoms with E-state index < -0.39 is 6.04 Å². The molecule has 0 unspecified atom stereocenters. The highest BCUT2D eigenvalue weighted by Crippen LogP contribution is 2.34. The van der Waals surface area contributed by atoms with E-state index in [4.69, 9.17) is 0 Å². The number of aryl methyl sites for hydroxylation is 1. The van der Waals surface area contributed by atoms with Gasteiger partial charge >= 0.3 is 0 Å². The molecule has 2 N–H and O–H groups in total. The Hall–Kier alpha value is -3.46. The number of hydrogen-bond acceptors (Lipinski definition) is 6. The third-order valence-corrected chi connectivity index (χ3v) is 6.47. The molecule has 34 heavy (non-hydrogen) atoms. The largest absolute Gasteiger partial charge is 0.356 e. The van der Waals surface area contributed by atoms with Crippen LogP contribution < -0.4 is 10.6 Å². The van der Waals surface area contributed by atoms with Crippen LogP contribution in [-0.2, 0) is 14.4 Å². The summed E-state index contributed by atoms with van der Waals surface area (Å²) < 4.78 is 0. The number of para-hydroxylation sites is 2. The molecule has 3 amide bonds. The Bertz CT molecular complexity index is 1180. The van der Waals surface area contributed by atoms with Crippen molar-refractivity contribution < 1.29 is 14.4 Å². The number of carbonyl (C=O) groups is 3. The molecule has 2 aliphatic heterocycles. The summed E-state index contributed by atoms with van der Waals surface area (Å²) in [6.07, 6.45) is 1.84. The Morgan fingerprint density at radius 2 is 1.85 bits per heavy atom. The molecule has 0 aliphatic carbocycles. The zero-order valence-electron chi connectivity index (χ0n) is 19.2. The fraction of sp³-hybridized carbons (Fsp3) is 0.320. The van der Waals surface area contributed by atoms with E-state index in [2.05, 4.69) is 20.6 Å². The number of unbranched alkanes of at least 4 members (excludes halogenated alkanes) is 1. The van der Waals surface area contributed by atoms with Gasteiger partial charge in [0, 0.05) is 17.8 Å². The third-order valence-electron chi connectivity index (χ3n) is 5.53. The van der Waals surface area contributed by atoms with Crippen LogP contribution in [0.1, 0.15) is 37.3 Å². The van der Waals surface area contributed by atoms with Gasteiger partial charge in [-0.1, -0.05) is 55.4 Å². The lowest BCUT2D eigenvalue weighted by atomic mass is 10.1. The average molecular weight is 478 g/mol. The molecule has 0 radical (unpaired) electrons.